The Morgan fingerprint density at radius 2 is 1.81 bits per heavy atom. The summed E-state index contributed by atoms with van der Waals surface area (Å²) in [4.78, 5) is 0.286. The highest BCUT2D eigenvalue weighted by Gasteiger charge is 2.13. The molecule has 0 aliphatic carbocycles. The van der Waals surface area contributed by atoms with Gasteiger partial charge in [0.1, 0.15) is 0 Å². The van der Waals surface area contributed by atoms with Crippen molar-refractivity contribution in [2.75, 3.05) is 5.75 Å². The number of halogens is 1. The maximum atomic E-state index is 11.8. The molecular formula is C11H12ClNO2S. The van der Waals surface area contributed by atoms with Crippen molar-refractivity contribution in [1.82, 2.24) is 0 Å². The van der Waals surface area contributed by atoms with Crippen molar-refractivity contribution in [3.05, 3.63) is 29.3 Å². The molecule has 5 heteroatoms. The second kappa shape index (κ2) is 5.88. The van der Waals surface area contributed by atoms with Crippen LogP contribution >= 0.6 is 11.6 Å². The number of rotatable bonds is 5. The van der Waals surface area contributed by atoms with E-state index in [1.165, 1.54) is 12.1 Å². The van der Waals surface area contributed by atoms with E-state index in [2.05, 4.69) is 0 Å². The molecule has 86 valence electrons. The quantitative estimate of drug-likeness (QED) is 0.762. The number of nitriles is 1. The first-order valence-electron chi connectivity index (χ1n) is 4.91. The van der Waals surface area contributed by atoms with E-state index in [-0.39, 0.29) is 10.6 Å². The van der Waals surface area contributed by atoms with Crippen LogP contribution in [0.5, 0.6) is 0 Å². The fourth-order valence-corrected chi connectivity index (χ4v) is 2.75. The fraction of sp³-hybridized carbons (Fsp3) is 0.364. The van der Waals surface area contributed by atoms with Crippen molar-refractivity contribution < 1.29 is 8.42 Å². The molecule has 1 aromatic carbocycles. The Hall–Kier alpha value is -1.05. The van der Waals surface area contributed by atoms with Gasteiger partial charge >= 0.3 is 0 Å². The summed E-state index contributed by atoms with van der Waals surface area (Å²) in [5, 5.41) is 8.85. The minimum Gasteiger partial charge on any atom is -0.224 e. The van der Waals surface area contributed by atoms with Gasteiger partial charge in [-0.25, -0.2) is 8.42 Å². The second-order valence-electron chi connectivity index (χ2n) is 3.39. The van der Waals surface area contributed by atoms with Gasteiger partial charge < -0.3 is 0 Å². The first-order valence-corrected chi connectivity index (χ1v) is 6.94. The van der Waals surface area contributed by atoms with Gasteiger partial charge in [0.25, 0.3) is 0 Å². The smallest absolute Gasteiger partial charge is 0.178 e. The van der Waals surface area contributed by atoms with Gasteiger partial charge in [-0.2, -0.15) is 5.26 Å². The topological polar surface area (TPSA) is 57.9 Å². The van der Waals surface area contributed by atoms with Gasteiger partial charge in [-0.3, -0.25) is 0 Å². The van der Waals surface area contributed by atoms with Crippen LogP contribution in [0.3, 0.4) is 0 Å². The Labute approximate surface area is 101 Å². The Morgan fingerprint density at radius 1 is 1.19 bits per heavy atom. The number of sulfone groups is 1. The molecule has 0 heterocycles. The molecule has 0 N–H and O–H groups in total. The summed E-state index contributed by atoms with van der Waals surface area (Å²) in [5.41, 5.74) is 0. The highest BCUT2D eigenvalue weighted by Crippen LogP contribution is 2.16. The lowest BCUT2D eigenvalue weighted by atomic mass is 10.3. The molecule has 0 saturated carbocycles. The Morgan fingerprint density at radius 3 is 2.38 bits per heavy atom. The first-order chi connectivity index (χ1) is 7.56. The molecule has 0 spiro atoms. The fourth-order valence-electron chi connectivity index (χ4n) is 1.26. The van der Waals surface area contributed by atoms with Gasteiger partial charge in [0.05, 0.1) is 16.7 Å². The molecular weight excluding hydrogens is 246 g/mol. The van der Waals surface area contributed by atoms with E-state index >= 15 is 0 Å². The van der Waals surface area contributed by atoms with Crippen molar-refractivity contribution in [2.24, 2.45) is 0 Å². The highest BCUT2D eigenvalue weighted by atomic mass is 35.5. The molecule has 0 fully saturated rings. The van der Waals surface area contributed by atoms with E-state index in [1.54, 1.807) is 12.1 Å². The zero-order chi connectivity index (χ0) is 12.0. The number of benzene rings is 1. The summed E-state index contributed by atoms with van der Waals surface area (Å²) < 4.78 is 23.6. The van der Waals surface area contributed by atoms with Crippen molar-refractivity contribution in [3.8, 4) is 6.07 Å². The summed E-state index contributed by atoms with van der Waals surface area (Å²) in [5.74, 6) is 0.0797. The van der Waals surface area contributed by atoms with Crippen LogP contribution in [-0.2, 0) is 9.84 Å². The lowest BCUT2D eigenvalue weighted by molar-refractivity contribution is 0.592. The number of hydrogen-bond donors (Lipinski definition) is 0. The van der Waals surface area contributed by atoms with E-state index in [9.17, 15) is 8.42 Å². The molecule has 0 saturated heterocycles. The van der Waals surface area contributed by atoms with Gasteiger partial charge in [-0.05, 0) is 37.1 Å². The third-order valence-corrected chi connectivity index (χ3v) is 4.19. The molecule has 1 aromatic rings. The van der Waals surface area contributed by atoms with Crippen LogP contribution in [0.1, 0.15) is 19.3 Å². The van der Waals surface area contributed by atoms with Crippen LogP contribution in [0.2, 0.25) is 5.02 Å². The SMILES string of the molecule is N#CCCCCS(=O)(=O)c1ccc(Cl)cc1. The van der Waals surface area contributed by atoms with Crippen LogP contribution in [0, 0.1) is 11.3 Å². The monoisotopic (exact) mass is 257 g/mol. The Bertz CT molecular complexity index is 474. The summed E-state index contributed by atoms with van der Waals surface area (Å²) >= 11 is 5.68. The molecule has 0 aliphatic rings. The molecule has 16 heavy (non-hydrogen) atoms. The largest absolute Gasteiger partial charge is 0.224 e. The molecule has 0 unspecified atom stereocenters. The lowest BCUT2D eigenvalue weighted by Gasteiger charge is -2.03. The molecule has 0 amide bonds. The van der Waals surface area contributed by atoms with Crippen LogP contribution in [0.25, 0.3) is 0 Å². The van der Waals surface area contributed by atoms with Gasteiger partial charge in [0, 0.05) is 11.4 Å². The predicted molar refractivity (Wildman–Crippen MR) is 63.0 cm³/mol. The summed E-state index contributed by atoms with van der Waals surface area (Å²) in [6.45, 7) is 0. The van der Waals surface area contributed by atoms with Crippen molar-refractivity contribution in [3.63, 3.8) is 0 Å². The number of unbranched alkanes of at least 4 members (excludes halogenated alkanes) is 2. The van der Waals surface area contributed by atoms with Crippen molar-refractivity contribution in [1.29, 1.82) is 5.26 Å². The van der Waals surface area contributed by atoms with Gasteiger partial charge in [-0.1, -0.05) is 11.6 Å². The van der Waals surface area contributed by atoms with Gasteiger partial charge in [0.2, 0.25) is 0 Å². The third-order valence-electron chi connectivity index (χ3n) is 2.12. The van der Waals surface area contributed by atoms with Crippen LogP contribution in [0.4, 0.5) is 0 Å². The maximum Gasteiger partial charge on any atom is 0.178 e. The van der Waals surface area contributed by atoms with E-state index < -0.39 is 9.84 Å². The van der Waals surface area contributed by atoms with Crippen LogP contribution in [0.15, 0.2) is 29.2 Å². The average Bonchev–Trinajstić information content (AvgIpc) is 2.25. The van der Waals surface area contributed by atoms with Crippen molar-refractivity contribution in [2.45, 2.75) is 24.2 Å². The molecule has 0 aromatic heterocycles. The second-order valence-corrected chi connectivity index (χ2v) is 5.93. The van der Waals surface area contributed by atoms with Gasteiger partial charge in [-0.15, -0.1) is 0 Å². The first kappa shape index (κ1) is 13.0. The van der Waals surface area contributed by atoms with E-state index in [0.717, 1.165) is 0 Å². The summed E-state index contributed by atoms with van der Waals surface area (Å²) in [6.07, 6.45) is 1.53. The highest BCUT2D eigenvalue weighted by molar-refractivity contribution is 7.91. The summed E-state index contributed by atoms with van der Waals surface area (Å²) in [6, 6.07) is 8.11. The molecule has 3 nitrogen and oxygen atoms in total. The van der Waals surface area contributed by atoms with E-state index in [0.29, 0.717) is 24.3 Å². The van der Waals surface area contributed by atoms with E-state index in [4.69, 9.17) is 16.9 Å². The zero-order valence-corrected chi connectivity index (χ0v) is 10.3. The molecule has 0 bridgehead atoms. The third kappa shape index (κ3) is 3.84. The zero-order valence-electron chi connectivity index (χ0n) is 8.69. The van der Waals surface area contributed by atoms with E-state index in [1.807, 2.05) is 6.07 Å². The maximum absolute atomic E-state index is 11.8. The standard InChI is InChI=1S/C11H12ClNO2S/c12-10-4-6-11(7-5-10)16(14,15)9-3-1-2-8-13/h4-7H,1-3,9H2. The molecule has 0 radical (unpaired) electrons. The molecule has 1 rings (SSSR count). The normalized spacial score (nSPS) is 11.0. The summed E-state index contributed by atoms with van der Waals surface area (Å²) in [7, 11) is -3.23. The lowest BCUT2D eigenvalue weighted by Crippen LogP contribution is -2.06. The minimum atomic E-state index is -3.23. The number of nitrogens with zero attached hydrogens (tertiary/aromatic N) is 1. The van der Waals surface area contributed by atoms with Crippen LogP contribution in [-0.4, -0.2) is 14.2 Å². The Balaban J connectivity index is 2.64. The minimum absolute atomic E-state index is 0.0797. The average molecular weight is 258 g/mol. The number of hydrogen-bond acceptors (Lipinski definition) is 3. The van der Waals surface area contributed by atoms with Crippen LogP contribution < -0.4 is 0 Å². The van der Waals surface area contributed by atoms with Gasteiger partial charge in [0.15, 0.2) is 9.84 Å². The predicted octanol–water partition coefficient (Wildman–Crippen LogP) is 2.81. The molecule has 0 aliphatic heterocycles. The Kier molecular flexibility index (Phi) is 4.78. The van der Waals surface area contributed by atoms with Crippen molar-refractivity contribution >= 4 is 21.4 Å². The molecule has 0 atom stereocenters.